The van der Waals surface area contributed by atoms with Crippen LogP contribution in [-0.4, -0.2) is 41.4 Å². The van der Waals surface area contributed by atoms with Crippen LogP contribution in [0.5, 0.6) is 0 Å². The number of hydrogen-bond donors (Lipinski definition) is 0. The summed E-state index contributed by atoms with van der Waals surface area (Å²) in [6.07, 6.45) is 8.33. The predicted octanol–water partition coefficient (Wildman–Crippen LogP) is 4.14. The van der Waals surface area contributed by atoms with E-state index >= 15 is 0 Å². The molecule has 0 radical (unpaired) electrons. The maximum absolute atomic E-state index is 13.6. The molecule has 0 spiro atoms. The van der Waals surface area contributed by atoms with Crippen LogP contribution in [0.4, 0.5) is 0 Å². The van der Waals surface area contributed by atoms with E-state index in [9.17, 15) is 9.59 Å². The van der Waals surface area contributed by atoms with Crippen molar-refractivity contribution in [2.75, 3.05) is 17.6 Å². The van der Waals surface area contributed by atoms with Crippen molar-refractivity contribution >= 4 is 34.2 Å². The van der Waals surface area contributed by atoms with Crippen molar-refractivity contribution in [1.82, 2.24) is 0 Å². The van der Waals surface area contributed by atoms with Crippen LogP contribution in [0.2, 0.25) is 0 Å². The number of alkyl halides is 1. The topological polar surface area (TPSA) is 52.6 Å². The van der Waals surface area contributed by atoms with E-state index in [4.69, 9.17) is 9.47 Å². The van der Waals surface area contributed by atoms with Gasteiger partial charge in [0, 0.05) is 17.8 Å². The highest BCUT2D eigenvalue weighted by Gasteiger charge is 2.63. The van der Waals surface area contributed by atoms with Crippen molar-refractivity contribution in [3.05, 3.63) is 11.6 Å². The standard InChI is InChI=1S/C23H31IO4/c1-22-11-20-19(27-7-8-28-20)9-13(22)3-4-14-15-5-6-16(18(26)12-24)23(15,2)10-17(25)21(14)22/h6,13-15,19-21H,3-5,7-12H2,1-2H3/t13?,14-,15-,19?,20?,21+,22-,23-/m0/s1. The lowest BCUT2D eigenvalue weighted by molar-refractivity contribution is -0.211. The Kier molecular flexibility index (Phi) is 4.83. The summed E-state index contributed by atoms with van der Waals surface area (Å²) >= 11 is 2.16. The molecule has 154 valence electrons. The van der Waals surface area contributed by atoms with Gasteiger partial charge in [-0.1, -0.05) is 42.5 Å². The van der Waals surface area contributed by atoms with Crippen molar-refractivity contribution in [1.29, 1.82) is 0 Å². The first-order chi connectivity index (χ1) is 13.4. The van der Waals surface area contributed by atoms with Crippen molar-refractivity contribution in [2.24, 2.45) is 34.5 Å². The highest BCUT2D eigenvalue weighted by atomic mass is 127. The van der Waals surface area contributed by atoms with Crippen molar-refractivity contribution in [3.8, 4) is 0 Å². The number of carbonyl (C=O) groups is 2. The normalized spacial score (nSPS) is 50.1. The van der Waals surface area contributed by atoms with Crippen LogP contribution in [0.15, 0.2) is 11.6 Å². The van der Waals surface area contributed by atoms with Gasteiger partial charge in [-0.2, -0.15) is 0 Å². The smallest absolute Gasteiger partial charge is 0.168 e. The van der Waals surface area contributed by atoms with Gasteiger partial charge < -0.3 is 9.47 Å². The molecule has 5 rings (SSSR count). The number of allylic oxidation sites excluding steroid dienone is 2. The molecular formula is C23H31IO4. The van der Waals surface area contributed by atoms with Crippen LogP contribution in [0.1, 0.15) is 52.4 Å². The fraction of sp³-hybridized carbons (Fsp3) is 0.826. The van der Waals surface area contributed by atoms with E-state index < -0.39 is 0 Å². The number of ether oxygens (including phenoxy) is 2. The van der Waals surface area contributed by atoms with E-state index in [1.165, 1.54) is 6.42 Å². The number of halogens is 1. The number of hydrogen-bond acceptors (Lipinski definition) is 4. The summed E-state index contributed by atoms with van der Waals surface area (Å²) in [5, 5.41) is 0. The molecule has 1 saturated heterocycles. The molecule has 1 aliphatic heterocycles. The molecule has 28 heavy (non-hydrogen) atoms. The van der Waals surface area contributed by atoms with E-state index in [1.807, 2.05) is 0 Å². The van der Waals surface area contributed by atoms with E-state index in [0.29, 0.717) is 47.6 Å². The second-order valence-corrected chi connectivity index (χ2v) is 11.0. The maximum atomic E-state index is 13.6. The molecule has 0 aromatic rings. The number of rotatable bonds is 2. The number of fused-ring (bicyclic) bond motifs is 6. The summed E-state index contributed by atoms with van der Waals surface area (Å²) in [7, 11) is 0. The molecule has 0 bridgehead atoms. The lowest BCUT2D eigenvalue weighted by Crippen LogP contribution is -2.61. The lowest BCUT2D eigenvalue weighted by atomic mass is 9.44. The molecule has 0 aromatic heterocycles. The quantitative estimate of drug-likeness (QED) is 0.424. The first kappa shape index (κ1) is 19.7. The monoisotopic (exact) mass is 498 g/mol. The molecule has 8 atom stereocenters. The van der Waals surface area contributed by atoms with Gasteiger partial charge in [-0.15, -0.1) is 0 Å². The van der Waals surface area contributed by atoms with Crippen LogP contribution in [0, 0.1) is 34.5 Å². The molecular weight excluding hydrogens is 467 g/mol. The highest BCUT2D eigenvalue weighted by molar-refractivity contribution is 14.1. The number of carbonyl (C=O) groups excluding carboxylic acids is 2. The highest BCUT2D eigenvalue weighted by Crippen LogP contribution is 2.65. The minimum atomic E-state index is -0.245. The van der Waals surface area contributed by atoms with E-state index in [-0.39, 0.29) is 34.7 Å². The van der Waals surface area contributed by atoms with Crippen molar-refractivity contribution < 1.29 is 19.1 Å². The van der Waals surface area contributed by atoms with Crippen LogP contribution in [0.3, 0.4) is 0 Å². The number of ketones is 2. The van der Waals surface area contributed by atoms with Crippen molar-refractivity contribution in [2.45, 2.75) is 64.6 Å². The summed E-state index contributed by atoms with van der Waals surface area (Å²) in [4.78, 5) is 26.2. The second-order valence-electron chi connectivity index (χ2n) is 10.3. The van der Waals surface area contributed by atoms with Gasteiger partial charge >= 0.3 is 0 Å². The Labute approximate surface area is 181 Å². The molecule has 4 nitrogen and oxygen atoms in total. The fourth-order valence-electron chi connectivity index (χ4n) is 7.88. The second kappa shape index (κ2) is 6.88. The molecule has 3 saturated carbocycles. The summed E-state index contributed by atoms with van der Waals surface area (Å²) in [5.74, 6) is 2.15. The van der Waals surface area contributed by atoms with Crippen molar-refractivity contribution in [3.63, 3.8) is 0 Å². The molecule has 3 unspecified atom stereocenters. The van der Waals surface area contributed by atoms with Gasteiger partial charge in [0.05, 0.1) is 29.8 Å². The Hall–Kier alpha value is -0.270. The summed E-state index contributed by atoms with van der Waals surface area (Å²) < 4.78 is 12.6. The third-order valence-electron chi connectivity index (χ3n) is 9.08. The minimum Gasteiger partial charge on any atom is -0.373 e. The van der Waals surface area contributed by atoms with Gasteiger partial charge in [0.1, 0.15) is 5.78 Å². The Morgan fingerprint density at radius 3 is 2.71 bits per heavy atom. The number of Topliss-reactive ketones (excluding diaryl/α,β-unsaturated/α-hetero) is 2. The Morgan fingerprint density at radius 1 is 1.21 bits per heavy atom. The van der Waals surface area contributed by atoms with Gasteiger partial charge in [0.25, 0.3) is 0 Å². The van der Waals surface area contributed by atoms with E-state index in [0.717, 1.165) is 31.3 Å². The van der Waals surface area contributed by atoms with Gasteiger partial charge in [-0.05, 0) is 60.8 Å². The Bertz CT molecular complexity index is 732. The molecule has 5 heteroatoms. The Balaban J connectivity index is 1.46. The summed E-state index contributed by atoms with van der Waals surface area (Å²) in [6.45, 7) is 5.94. The van der Waals surface area contributed by atoms with Crippen LogP contribution < -0.4 is 0 Å². The molecule has 5 aliphatic rings. The zero-order chi connectivity index (χ0) is 19.7. The summed E-state index contributed by atoms with van der Waals surface area (Å²) in [5.41, 5.74) is 0.712. The van der Waals surface area contributed by atoms with E-state index in [2.05, 4.69) is 42.5 Å². The largest absolute Gasteiger partial charge is 0.373 e. The zero-order valence-electron chi connectivity index (χ0n) is 16.9. The zero-order valence-corrected chi connectivity index (χ0v) is 19.1. The van der Waals surface area contributed by atoms with Crippen LogP contribution >= 0.6 is 22.6 Å². The molecule has 0 aromatic carbocycles. The van der Waals surface area contributed by atoms with Gasteiger partial charge in [0.2, 0.25) is 0 Å². The first-order valence-corrected chi connectivity index (χ1v) is 12.5. The van der Waals surface area contributed by atoms with Gasteiger partial charge in [0.15, 0.2) is 5.78 Å². The molecule has 0 N–H and O–H groups in total. The molecule has 1 heterocycles. The fourth-order valence-corrected chi connectivity index (χ4v) is 8.29. The molecule has 0 amide bonds. The average Bonchev–Trinajstić information content (AvgIpc) is 3.01. The lowest BCUT2D eigenvalue weighted by Gasteiger charge is -2.61. The van der Waals surface area contributed by atoms with Gasteiger partial charge in [-0.25, -0.2) is 0 Å². The molecule has 4 fully saturated rings. The average molecular weight is 498 g/mol. The Morgan fingerprint density at radius 2 is 1.96 bits per heavy atom. The van der Waals surface area contributed by atoms with E-state index in [1.54, 1.807) is 0 Å². The molecule has 4 aliphatic carbocycles. The van der Waals surface area contributed by atoms with Crippen LogP contribution in [0.25, 0.3) is 0 Å². The predicted molar refractivity (Wildman–Crippen MR) is 114 cm³/mol. The first-order valence-electron chi connectivity index (χ1n) is 10.9. The third-order valence-corrected chi connectivity index (χ3v) is 9.77. The third kappa shape index (κ3) is 2.67. The van der Waals surface area contributed by atoms with Crippen LogP contribution in [-0.2, 0) is 19.1 Å². The maximum Gasteiger partial charge on any atom is 0.168 e. The minimum absolute atomic E-state index is 0.0131. The summed E-state index contributed by atoms with van der Waals surface area (Å²) in [6, 6.07) is 0. The SMILES string of the molecule is C[C@]12CC3OCCOC3CC1CC[C@@H]1[C@@H]2C(=O)C[C@]2(C)C(C(=O)CI)=CC[C@@H]12. The van der Waals surface area contributed by atoms with Gasteiger partial charge in [-0.3, -0.25) is 9.59 Å².